The van der Waals surface area contributed by atoms with Crippen molar-refractivity contribution in [3.8, 4) is 0 Å². The smallest absolute Gasteiger partial charge is 0.333 e. The summed E-state index contributed by atoms with van der Waals surface area (Å²) in [5.74, 6) is -0.915. The maximum absolute atomic E-state index is 10.8. The first kappa shape index (κ1) is 11.0. The van der Waals surface area contributed by atoms with E-state index in [1.165, 1.54) is 0 Å². The fourth-order valence-electron chi connectivity index (χ4n) is 1.12. The number of hydrogen-bond acceptors (Lipinski definition) is 2. The van der Waals surface area contributed by atoms with Gasteiger partial charge in [-0.25, -0.2) is 4.79 Å². The topological polar surface area (TPSA) is 63.3 Å². The van der Waals surface area contributed by atoms with Crippen LogP contribution in [0.15, 0.2) is 11.3 Å². The van der Waals surface area contributed by atoms with Crippen molar-refractivity contribution in [1.82, 2.24) is 0 Å². The Balaban J connectivity index is 5.07. The molecule has 0 aromatic rings. The van der Waals surface area contributed by atoms with Gasteiger partial charge >= 0.3 is 5.97 Å². The molecule has 0 aromatic carbocycles. The minimum Gasteiger partial charge on any atom is -0.478 e. The van der Waals surface area contributed by atoms with Crippen molar-refractivity contribution < 1.29 is 9.90 Å². The van der Waals surface area contributed by atoms with Crippen molar-refractivity contribution in [1.29, 1.82) is 0 Å². The molecule has 0 unspecified atom stereocenters. The molecule has 0 amide bonds. The minimum absolute atomic E-state index is 0.324. The SMILES string of the molecule is CCC(N)=C(C(=O)O)C(C)(C)C. The molecular formula is C9H17NO2. The number of carboxylic acids is 1. The maximum Gasteiger partial charge on any atom is 0.333 e. The molecule has 0 bridgehead atoms. The summed E-state index contributed by atoms with van der Waals surface area (Å²) in [7, 11) is 0. The summed E-state index contributed by atoms with van der Waals surface area (Å²) < 4.78 is 0. The Morgan fingerprint density at radius 2 is 1.83 bits per heavy atom. The highest BCUT2D eigenvalue weighted by Crippen LogP contribution is 2.27. The van der Waals surface area contributed by atoms with Gasteiger partial charge in [0.2, 0.25) is 0 Å². The highest BCUT2D eigenvalue weighted by Gasteiger charge is 2.25. The van der Waals surface area contributed by atoms with Gasteiger partial charge in [-0.15, -0.1) is 0 Å². The molecule has 0 radical (unpaired) electrons. The monoisotopic (exact) mass is 171 g/mol. The Labute approximate surface area is 73.3 Å². The molecule has 3 heteroatoms. The van der Waals surface area contributed by atoms with Gasteiger partial charge in [0.05, 0.1) is 5.57 Å². The van der Waals surface area contributed by atoms with E-state index < -0.39 is 5.97 Å². The minimum atomic E-state index is -0.915. The molecule has 0 fully saturated rings. The van der Waals surface area contributed by atoms with Crippen LogP contribution >= 0.6 is 0 Å². The number of allylic oxidation sites excluding steroid dienone is 1. The second-order valence-corrected chi connectivity index (χ2v) is 3.81. The molecule has 0 rings (SSSR count). The van der Waals surface area contributed by atoms with Gasteiger partial charge in [0.1, 0.15) is 0 Å². The van der Waals surface area contributed by atoms with Gasteiger partial charge in [0.25, 0.3) is 0 Å². The van der Waals surface area contributed by atoms with Crippen LogP contribution in [0.1, 0.15) is 34.1 Å². The summed E-state index contributed by atoms with van der Waals surface area (Å²) in [5.41, 5.74) is 6.01. The predicted molar refractivity (Wildman–Crippen MR) is 48.6 cm³/mol. The van der Waals surface area contributed by atoms with Crippen LogP contribution < -0.4 is 5.73 Å². The lowest BCUT2D eigenvalue weighted by Crippen LogP contribution is -2.22. The molecule has 0 aliphatic heterocycles. The second kappa shape index (κ2) is 3.61. The van der Waals surface area contributed by atoms with Gasteiger partial charge in [-0.2, -0.15) is 0 Å². The van der Waals surface area contributed by atoms with Crippen molar-refractivity contribution in [3.05, 3.63) is 11.3 Å². The summed E-state index contributed by atoms with van der Waals surface area (Å²) in [6.07, 6.45) is 0.582. The zero-order valence-electron chi connectivity index (χ0n) is 8.14. The zero-order chi connectivity index (χ0) is 9.94. The summed E-state index contributed by atoms with van der Waals surface area (Å²) in [6, 6.07) is 0. The maximum atomic E-state index is 10.8. The van der Waals surface area contributed by atoms with E-state index >= 15 is 0 Å². The van der Waals surface area contributed by atoms with Crippen LogP contribution in [-0.4, -0.2) is 11.1 Å². The number of carboxylic acid groups (broad SMARTS) is 1. The Hall–Kier alpha value is -0.990. The average Bonchev–Trinajstić information content (AvgIpc) is 1.83. The number of rotatable bonds is 2. The zero-order valence-corrected chi connectivity index (χ0v) is 8.14. The molecule has 0 aliphatic carbocycles. The summed E-state index contributed by atoms with van der Waals surface area (Å²) >= 11 is 0. The molecule has 0 aromatic heterocycles. The standard InChI is InChI=1S/C9H17NO2/c1-5-6(10)7(8(11)12)9(2,3)4/h5,10H2,1-4H3,(H,11,12). The van der Waals surface area contributed by atoms with Crippen molar-refractivity contribution in [3.63, 3.8) is 0 Å². The van der Waals surface area contributed by atoms with E-state index in [9.17, 15) is 4.79 Å². The molecule has 0 heterocycles. The van der Waals surface area contributed by atoms with Crippen LogP contribution in [-0.2, 0) is 4.79 Å². The van der Waals surface area contributed by atoms with Gasteiger partial charge in [0.15, 0.2) is 0 Å². The van der Waals surface area contributed by atoms with Crippen LogP contribution in [0.4, 0.5) is 0 Å². The van der Waals surface area contributed by atoms with Crippen LogP contribution in [0, 0.1) is 5.41 Å². The van der Waals surface area contributed by atoms with E-state index in [4.69, 9.17) is 10.8 Å². The summed E-state index contributed by atoms with van der Waals surface area (Å²) in [4.78, 5) is 10.8. The first-order valence-electron chi connectivity index (χ1n) is 4.03. The Morgan fingerprint density at radius 1 is 1.42 bits per heavy atom. The highest BCUT2D eigenvalue weighted by atomic mass is 16.4. The van der Waals surface area contributed by atoms with Gasteiger partial charge in [-0.1, -0.05) is 27.7 Å². The Kier molecular flexibility index (Phi) is 3.31. The van der Waals surface area contributed by atoms with E-state index in [2.05, 4.69) is 0 Å². The third-order valence-electron chi connectivity index (χ3n) is 1.67. The van der Waals surface area contributed by atoms with E-state index in [0.717, 1.165) is 0 Å². The van der Waals surface area contributed by atoms with Crippen molar-refractivity contribution >= 4 is 5.97 Å². The molecule has 3 N–H and O–H groups in total. The molecule has 0 atom stereocenters. The van der Waals surface area contributed by atoms with Crippen LogP contribution in [0.5, 0.6) is 0 Å². The Morgan fingerprint density at radius 3 is 1.92 bits per heavy atom. The fraction of sp³-hybridized carbons (Fsp3) is 0.667. The van der Waals surface area contributed by atoms with Gasteiger partial charge in [0, 0.05) is 5.70 Å². The molecule has 0 saturated carbocycles. The summed E-state index contributed by atoms with van der Waals surface area (Å²) in [5, 5.41) is 8.87. The quantitative estimate of drug-likeness (QED) is 0.622. The first-order chi connectivity index (χ1) is 5.30. The average molecular weight is 171 g/mol. The van der Waals surface area contributed by atoms with Gasteiger partial charge < -0.3 is 10.8 Å². The third kappa shape index (κ3) is 2.57. The van der Waals surface area contributed by atoms with Crippen LogP contribution in [0.25, 0.3) is 0 Å². The van der Waals surface area contributed by atoms with E-state index in [1.807, 2.05) is 27.7 Å². The molecule has 0 spiro atoms. The predicted octanol–water partition coefficient (Wildman–Crippen LogP) is 1.74. The van der Waals surface area contributed by atoms with E-state index in [1.54, 1.807) is 0 Å². The normalized spacial score (nSPS) is 14.0. The lowest BCUT2D eigenvalue weighted by molar-refractivity contribution is -0.133. The lowest BCUT2D eigenvalue weighted by Gasteiger charge is -2.21. The molecular weight excluding hydrogens is 154 g/mol. The van der Waals surface area contributed by atoms with Gasteiger partial charge in [-0.3, -0.25) is 0 Å². The highest BCUT2D eigenvalue weighted by molar-refractivity contribution is 5.88. The molecule has 3 nitrogen and oxygen atoms in total. The lowest BCUT2D eigenvalue weighted by atomic mass is 9.84. The summed E-state index contributed by atoms with van der Waals surface area (Å²) in [6.45, 7) is 7.39. The van der Waals surface area contributed by atoms with Gasteiger partial charge in [-0.05, 0) is 11.8 Å². The number of aliphatic carboxylic acids is 1. The fourth-order valence-corrected chi connectivity index (χ4v) is 1.12. The van der Waals surface area contributed by atoms with E-state index in [-0.39, 0.29) is 5.41 Å². The van der Waals surface area contributed by atoms with Crippen molar-refractivity contribution in [2.45, 2.75) is 34.1 Å². The van der Waals surface area contributed by atoms with E-state index in [0.29, 0.717) is 17.7 Å². The Bertz CT molecular complexity index is 211. The molecule has 70 valence electrons. The van der Waals surface area contributed by atoms with Crippen LogP contribution in [0.3, 0.4) is 0 Å². The number of carbonyl (C=O) groups is 1. The first-order valence-corrected chi connectivity index (χ1v) is 4.03. The number of nitrogens with two attached hydrogens (primary N) is 1. The molecule has 0 saturated heterocycles. The van der Waals surface area contributed by atoms with Crippen molar-refractivity contribution in [2.75, 3.05) is 0 Å². The van der Waals surface area contributed by atoms with Crippen molar-refractivity contribution in [2.24, 2.45) is 11.1 Å². The second-order valence-electron chi connectivity index (χ2n) is 3.81. The third-order valence-corrected chi connectivity index (χ3v) is 1.67. The van der Waals surface area contributed by atoms with Crippen LogP contribution in [0.2, 0.25) is 0 Å². The molecule has 0 aliphatic rings. The number of hydrogen-bond donors (Lipinski definition) is 2. The largest absolute Gasteiger partial charge is 0.478 e. The molecule has 12 heavy (non-hydrogen) atoms.